The molecule has 0 rings (SSSR count). The number of hydrogen-bond donors (Lipinski definition) is 0. The molecule has 0 aromatic heterocycles. The van der Waals surface area contributed by atoms with Crippen molar-refractivity contribution >= 4 is 0 Å². The molecule has 15 heavy (non-hydrogen) atoms. The van der Waals surface area contributed by atoms with Crippen molar-refractivity contribution in [2.24, 2.45) is 5.92 Å². The van der Waals surface area contributed by atoms with Gasteiger partial charge in [-0.15, -0.1) is 0 Å². The third-order valence-corrected chi connectivity index (χ3v) is 2.75. The Kier molecular flexibility index (Phi) is 11.6. The van der Waals surface area contributed by atoms with Crippen LogP contribution in [-0.4, -0.2) is 0 Å². The zero-order valence-corrected chi connectivity index (χ0v) is 11.1. The fraction of sp³-hybridized carbons (Fsp3) is 0.867. The Labute approximate surface area is 97.2 Å². The molecule has 0 amide bonds. The molecule has 90 valence electrons. The topological polar surface area (TPSA) is 0 Å². The average Bonchev–Trinajstić information content (AvgIpc) is 2.20. The van der Waals surface area contributed by atoms with Gasteiger partial charge in [0, 0.05) is 0 Å². The van der Waals surface area contributed by atoms with Crippen molar-refractivity contribution in [3.63, 3.8) is 0 Å². The van der Waals surface area contributed by atoms with E-state index in [0.717, 1.165) is 5.92 Å². The van der Waals surface area contributed by atoms with E-state index in [2.05, 4.69) is 32.9 Å². The van der Waals surface area contributed by atoms with E-state index >= 15 is 0 Å². The molecule has 0 saturated carbocycles. The second-order valence-electron chi connectivity index (χ2n) is 4.94. The maximum atomic E-state index is 2.35. The van der Waals surface area contributed by atoms with E-state index in [1.165, 1.54) is 57.8 Å². The average molecular weight is 210 g/mol. The summed E-state index contributed by atoms with van der Waals surface area (Å²) in [6, 6.07) is 0. The van der Waals surface area contributed by atoms with Crippen molar-refractivity contribution < 1.29 is 0 Å². The molecular weight excluding hydrogens is 180 g/mol. The maximum absolute atomic E-state index is 2.35. The van der Waals surface area contributed by atoms with Crippen molar-refractivity contribution in [1.29, 1.82) is 0 Å². The Balaban J connectivity index is 2.99. The molecular formula is C15H30. The molecule has 0 saturated heterocycles. The fourth-order valence-corrected chi connectivity index (χ4v) is 1.76. The summed E-state index contributed by atoms with van der Waals surface area (Å²) < 4.78 is 0. The first-order chi connectivity index (χ1) is 7.27. The summed E-state index contributed by atoms with van der Waals surface area (Å²) in [6.07, 6.45) is 17.4. The lowest BCUT2D eigenvalue weighted by Crippen LogP contribution is -1.81. The summed E-state index contributed by atoms with van der Waals surface area (Å²) >= 11 is 0. The first-order valence-electron chi connectivity index (χ1n) is 6.94. The Hall–Kier alpha value is -0.260. The zero-order valence-electron chi connectivity index (χ0n) is 11.1. The highest BCUT2D eigenvalue weighted by molar-refractivity contribution is 4.83. The van der Waals surface area contributed by atoms with Crippen molar-refractivity contribution in [1.82, 2.24) is 0 Å². The first kappa shape index (κ1) is 14.7. The van der Waals surface area contributed by atoms with Gasteiger partial charge in [-0.1, -0.05) is 77.9 Å². The lowest BCUT2D eigenvalue weighted by atomic mass is 10.1. The minimum absolute atomic E-state index is 0.721. The standard InChI is InChI=1S/C15H30/c1-4-5-6-7-8-9-10-11-12-13-14-15(2)3/h13-15H,4-12H2,1-3H3/b14-13-. The van der Waals surface area contributed by atoms with Crippen LogP contribution in [0.1, 0.15) is 78.6 Å². The first-order valence-corrected chi connectivity index (χ1v) is 6.94. The second-order valence-corrected chi connectivity index (χ2v) is 4.94. The van der Waals surface area contributed by atoms with Crippen LogP contribution >= 0.6 is 0 Å². The van der Waals surface area contributed by atoms with Gasteiger partial charge >= 0.3 is 0 Å². The van der Waals surface area contributed by atoms with Gasteiger partial charge in [-0.3, -0.25) is 0 Å². The van der Waals surface area contributed by atoms with Crippen molar-refractivity contribution in [3.8, 4) is 0 Å². The summed E-state index contributed by atoms with van der Waals surface area (Å²) in [7, 11) is 0. The summed E-state index contributed by atoms with van der Waals surface area (Å²) in [5.74, 6) is 0.721. The van der Waals surface area contributed by atoms with Crippen LogP contribution in [0.3, 0.4) is 0 Å². The van der Waals surface area contributed by atoms with E-state index in [1.54, 1.807) is 0 Å². The molecule has 0 atom stereocenters. The molecule has 0 unspecified atom stereocenters. The van der Waals surface area contributed by atoms with Gasteiger partial charge in [-0.05, 0) is 18.8 Å². The number of allylic oxidation sites excluding steroid dienone is 2. The summed E-state index contributed by atoms with van der Waals surface area (Å²) in [5.41, 5.74) is 0. The Morgan fingerprint density at radius 2 is 1.33 bits per heavy atom. The van der Waals surface area contributed by atoms with E-state index in [4.69, 9.17) is 0 Å². The normalized spacial score (nSPS) is 11.7. The fourth-order valence-electron chi connectivity index (χ4n) is 1.76. The van der Waals surface area contributed by atoms with Crippen LogP contribution < -0.4 is 0 Å². The van der Waals surface area contributed by atoms with Gasteiger partial charge in [0.15, 0.2) is 0 Å². The monoisotopic (exact) mass is 210 g/mol. The van der Waals surface area contributed by atoms with Gasteiger partial charge in [0.05, 0.1) is 0 Å². The molecule has 0 aliphatic carbocycles. The highest BCUT2D eigenvalue weighted by atomic mass is 14.0. The third kappa shape index (κ3) is 13.7. The van der Waals surface area contributed by atoms with Crippen LogP contribution in [0.4, 0.5) is 0 Å². The molecule has 0 radical (unpaired) electrons. The largest absolute Gasteiger partial charge is 0.0883 e. The van der Waals surface area contributed by atoms with Crippen LogP contribution in [0, 0.1) is 5.92 Å². The molecule has 0 aromatic rings. The van der Waals surface area contributed by atoms with Crippen LogP contribution in [0.5, 0.6) is 0 Å². The Bertz CT molecular complexity index is 133. The van der Waals surface area contributed by atoms with Gasteiger partial charge in [0.25, 0.3) is 0 Å². The van der Waals surface area contributed by atoms with E-state index in [9.17, 15) is 0 Å². The van der Waals surface area contributed by atoms with Crippen LogP contribution in [0.15, 0.2) is 12.2 Å². The molecule has 0 aromatic carbocycles. The van der Waals surface area contributed by atoms with Gasteiger partial charge in [0.1, 0.15) is 0 Å². The third-order valence-electron chi connectivity index (χ3n) is 2.75. The molecule has 0 heteroatoms. The zero-order chi connectivity index (χ0) is 11.4. The minimum atomic E-state index is 0.721. The lowest BCUT2D eigenvalue weighted by Gasteiger charge is -2.00. The van der Waals surface area contributed by atoms with Crippen molar-refractivity contribution in [2.45, 2.75) is 78.6 Å². The van der Waals surface area contributed by atoms with E-state index in [1.807, 2.05) is 0 Å². The maximum Gasteiger partial charge on any atom is -0.0290 e. The lowest BCUT2D eigenvalue weighted by molar-refractivity contribution is 0.577. The van der Waals surface area contributed by atoms with Crippen molar-refractivity contribution in [2.75, 3.05) is 0 Å². The smallest absolute Gasteiger partial charge is 0.0290 e. The molecule has 0 nitrogen and oxygen atoms in total. The predicted molar refractivity (Wildman–Crippen MR) is 71.2 cm³/mol. The Morgan fingerprint density at radius 1 is 0.800 bits per heavy atom. The molecule has 0 spiro atoms. The molecule has 0 aliphatic heterocycles. The number of hydrogen-bond acceptors (Lipinski definition) is 0. The van der Waals surface area contributed by atoms with Crippen molar-refractivity contribution in [3.05, 3.63) is 12.2 Å². The second kappa shape index (κ2) is 11.8. The van der Waals surface area contributed by atoms with E-state index < -0.39 is 0 Å². The molecule has 0 heterocycles. The van der Waals surface area contributed by atoms with Crippen LogP contribution in [-0.2, 0) is 0 Å². The number of unbranched alkanes of at least 4 members (excludes halogenated alkanes) is 8. The van der Waals surface area contributed by atoms with Gasteiger partial charge < -0.3 is 0 Å². The molecule has 0 fully saturated rings. The van der Waals surface area contributed by atoms with E-state index in [0.29, 0.717) is 0 Å². The van der Waals surface area contributed by atoms with E-state index in [-0.39, 0.29) is 0 Å². The summed E-state index contributed by atoms with van der Waals surface area (Å²) in [6.45, 7) is 6.76. The summed E-state index contributed by atoms with van der Waals surface area (Å²) in [4.78, 5) is 0. The van der Waals surface area contributed by atoms with Gasteiger partial charge in [-0.2, -0.15) is 0 Å². The van der Waals surface area contributed by atoms with Crippen LogP contribution in [0.2, 0.25) is 0 Å². The highest BCUT2D eigenvalue weighted by Gasteiger charge is 1.90. The number of rotatable bonds is 10. The minimum Gasteiger partial charge on any atom is -0.0883 e. The molecule has 0 aliphatic rings. The Morgan fingerprint density at radius 3 is 1.87 bits per heavy atom. The SMILES string of the molecule is CCCCCCCCCC/C=C\C(C)C. The quantitative estimate of drug-likeness (QED) is 0.319. The molecule has 0 N–H and O–H groups in total. The van der Waals surface area contributed by atoms with Gasteiger partial charge in [-0.25, -0.2) is 0 Å². The highest BCUT2D eigenvalue weighted by Crippen LogP contribution is 2.10. The van der Waals surface area contributed by atoms with Crippen LogP contribution in [0.25, 0.3) is 0 Å². The summed E-state index contributed by atoms with van der Waals surface area (Å²) in [5, 5.41) is 0. The van der Waals surface area contributed by atoms with Gasteiger partial charge in [0.2, 0.25) is 0 Å². The molecule has 0 bridgehead atoms. The predicted octanol–water partition coefficient (Wildman–Crippen LogP) is 5.73.